The monoisotopic (exact) mass is 341 g/mol. The summed E-state index contributed by atoms with van der Waals surface area (Å²) in [7, 11) is -3.58. The molecule has 6 nitrogen and oxygen atoms in total. The fourth-order valence-corrected chi connectivity index (χ4v) is 3.06. The average Bonchev–Trinajstić information content (AvgIpc) is 2.55. The number of rotatable bonds is 4. The molecule has 122 valence electrons. The predicted molar refractivity (Wildman–Crippen MR) is 92.9 cm³/mol. The Balaban J connectivity index is 1.82. The van der Waals surface area contributed by atoms with E-state index >= 15 is 0 Å². The van der Waals surface area contributed by atoms with Gasteiger partial charge in [0, 0.05) is 17.3 Å². The minimum Gasteiger partial charge on any atom is -0.322 e. The lowest BCUT2D eigenvalue weighted by molar-refractivity contribution is 0.102. The van der Waals surface area contributed by atoms with Gasteiger partial charge in [0.25, 0.3) is 5.91 Å². The Hall–Kier alpha value is -2.77. The highest BCUT2D eigenvalue weighted by molar-refractivity contribution is 7.88. The van der Waals surface area contributed by atoms with Crippen molar-refractivity contribution in [2.24, 2.45) is 5.14 Å². The van der Waals surface area contributed by atoms with Crippen molar-refractivity contribution in [3.63, 3.8) is 0 Å². The molecule has 1 heterocycles. The lowest BCUT2D eigenvalue weighted by atomic mass is 10.1. The maximum Gasteiger partial charge on any atom is 0.257 e. The van der Waals surface area contributed by atoms with Crippen LogP contribution in [0.1, 0.15) is 15.9 Å². The van der Waals surface area contributed by atoms with Crippen molar-refractivity contribution in [2.75, 3.05) is 5.32 Å². The van der Waals surface area contributed by atoms with E-state index in [1.807, 2.05) is 18.2 Å². The second kappa shape index (κ2) is 6.38. The number of hydrogen-bond donors (Lipinski definition) is 2. The summed E-state index contributed by atoms with van der Waals surface area (Å²) in [5.74, 6) is -0.521. The van der Waals surface area contributed by atoms with Crippen molar-refractivity contribution in [3.8, 4) is 0 Å². The molecule has 3 aromatic rings. The van der Waals surface area contributed by atoms with Crippen LogP contribution in [-0.4, -0.2) is 19.3 Å². The normalized spacial score (nSPS) is 11.4. The van der Waals surface area contributed by atoms with Crippen LogP contribution in [0.5, 0.6) is 0 Å². The third-order valence-corrected chi connectivity index (χ3v) is 4.19. The largest absolute Gasteiger partial charge is 0.322 e. The molecule has 0 aliphatic heterocycles. The predicted octanol–water partition coefficient (Wildman–Crippen LogP) is 2.28. The molecule has 3 N–H and O–H groups in total. The minimum absolute atomic E-state index is 0.242. The van der Waals surface area contributed by atoms with Gasteiger partial charge in [-0.05, 0) is 29.8 Å². The van der Waals surface area contributed by atoms with Crippen LogP contribution in [0.4, 0.5) is 5.69 Å². The number of nitrogens with one attached hydrogen (secondary N) is 1. The summed E-state index contributed by atoms with van der Waals surface area (Å²) < 4.78 is 22.1. The van der Waals surface area contributed by atoms with Gasteiger partial charge < -0.3 is 5.32 Å². The standard InChI is InChI=1S/C17H15N3O3S/c18-24(22,23)11-12-6-8-14(9-7-12)20-17(21)15-5-1-3-13-4-2-10-19-16(13)15/h1-10H,11H2,(H,20,21)(H2,18,22,23). The number of anilines is 1. The highest BCUT2D eigenvalue weighted by Gasteiger charge is 2.11. The molecule has 0 saturated carbocycles. The van der Waals surface area contributed by atoms with E-state index in [0.717, 1.165) is 5.39 Å². The minimum atomic E-state index is -3.58. The fraction of sp³-hybridized carbons (Fsp3) is 0.0588. The molecule has 0 atom stereocenters. The van der Waals surface area contributed by atoms with E-state index in [9.17, 15) is 13.2 Å². The van der Waals surface area contributed by atoms with Gasteiger partial charge in [-0.1, -0.05) is 30.3 Å². The number of pyridine rings is 1. The number of sulfonamides is 1. The van der Waals surface area contributed by atoms with Crippen LogP contribution in [0.3, 0.4) is 0 Å². The Morgan fingerprint density at radius 1 is 1.04 bits per heavy atom. The molecule has 2 aromatic carbocycles. The first-order chi connectivity index (χ1) is 11.4. The highest BCUT2D eigenvalue weighted by atomic mass is 32.2. The first kappa shape index (κ1) is 16.1. The van der Waals surface area contributed by atoms with Crippen LogP contribution in [0, 0.1) is 0 Å². The van der Waals surface area contributed by atoms with Gasteiger partial charge in [0.15, 0.2) is 0 Å². The molecule has 0 aliphatic carbocycles. The third kappa shape index (κ3) is 3.76. The molecule has 1 amide bonds. The zero-order valence-corrected chi connectivity index (χ0v) is 13.5. The smallest absolute Gasteiger partial charge is 0.257 e. The second-order valence-corrected chi connectivity index (χ2v) is 6.95. The average molecular weight is 341 g/mol. The second-order valence-electron chi connectivity index (χ2n) is 5.34. The van der Waals surface area contributed by atoms with Crippen LogP contribution in [-0.2, 0) is 15.8 Å². The molecule has 0 fully saturated rings. The number of hydrogen-bond acceptors (Lipinski definition) is 4. The zero-order chi connectivity index (χ0) is 17.2. The molecular weight excluding hydrogens is 326 g/mol. The first-order valence-electron chi connectivity index (χ1n) is 7.17. The molecule has 0 saturated heterocycles. The van der Waals surface area contributed by atoms with E-state index in [2.05, 4.69) is 10.3 Å². The summed E-state index contributed by atoms with van der Waals surface area (Å²) in [6.45, 7) is 0. The number of aromatic nitrogens is 1. The summed E-state index contributed by atoms with van der Waals surface area (Å²) in [6, 6.07) is 15.6. The Bertz CT molecular complexity index is 994. The quantitative estimate of drug-likeness (QED) is 0.760. The topological polar surface area (TPSA) is 102 Å². The summed E-state index contributed by atoms with van der Waals surface area (Å²) in [5.41, 5.74) is 2.22. The number of carbonyl (C=O) groups is 1. The zero-order valence-electron chi connectivity index (χ0n) is 12.6. The lowest BCUT2D eigenvalue weighted by Crippen LogP contribution is -2.15. The lowest BCUT2D eigenvalue weighted by Gasteiger charge is -2.08. The Labute approximate surface area is 139 Å². The van der Waals surface area contributed by atoms with Gasteiger partial charge in [0.2, 0.25) is 10.0 Å². The van der Waals surface area contributed by atoms with Crippen LogP contribution >= 0.6 is 0 Å². The van der Waals surface area contributed by atoms with Crippen molar-refractivity contribution in [1.29, 1.82) is 0 Å². The Kier molecular flexibility index (Phi) is 4.28. The summed E-state index contributed by atoms with van der Waals surface area (Å²) in [5, 5.41) is 8.67. The number of primary sulfonamides is 1. The van der Waals surface area contributed by atoms with E-state index in [1.165, 1.54) is 0 Å². The van der Waals surface area contributed by atoms with E-state index < -0.39 is 10.0 Å². The number of nitrogens with zero attached hydrogens (tertiary/aromatic N) is 1. The molecule has 7 heteroatoms. The van der Waals surface area contributed by atoms with Gasteiger partial charge in [0.05, 0.1) is 16.8 Å². The molecule has 3 rings (SSSR count). The maximum atomic E-state index is 12.5. The van der Waals surface area contributed by atoms with E-state index in [4.69, 9.17) is 5.14 Å². The molecule has 0 radical (unpaired) electrons. The number of amides is 1. The van der Waals surface area contributed by atoms with Gasteiger partial charge in [-0.15, -0.1) is 0 Å². The SMILES string of the molecule is NS(=O)(=O)Cc1ccc(NC(=O)c2cccc3cccnc23)cc1. The van der Waals surface area contributed by atoms with Crippen LogP contribution in [0.25, 0.3) is 10.9 Å². The Morgan fingerprint density at radius 2 is 1.75 bits per heavy atom. The van der Waals surface area contributed by atoms with Crippen molar-refractivity contribution >= 4 is 32.5 Å². The van der Waals surface area contributed by atoms with Gasteiger partial charge in [-0.2, -0.15) is 0 Å². The first-order valence-corrected chi connectivity index (χ1v) is 8.88. The van der Waals surface area contributed by atoms with Crippen LogP contribution < -0.4 is 10.5 Å². The van der Waals surface area contributed by atoms with Crippen LogP contribution in [0.15, 0.2) is 60.8 Å². The van der Waals surface area contributed by atoms with Crippen molar-refractivity contribution in [2.45, 2.75) is 5.75 Å². The number of benzene rings is 2. The number of para-hydroxylation sites is 1. The summed E-state index contributed by atoms with van der Waals surface area (Å²) in [4.78, 5) is 16.7. The van der Waals surface area contributed by atoms with E-state index in [0.29, 0.717) is 22.3 Å². The van der Waals surface area contributed by atoms with E-state index in [-0.39, 0.29) is 11.7 Å². The number of nitrogens with two attached hydrogens (primary N) is 1. The molecule has 0 aliphatic rings. The maximum absolute atomic E-state index is 12.5. The molecule has 0 unspecified atom stereocenters. The Morgan fingerprint density at radius 3 is 2.46 bits per heavy atom. The fourth-order valence-electron chi connectivity index (χ4n) is 2.40. The van der Waals surface area contributed by atoms with E-state index in [1.54, 1.807) is 42.6 Å². The highest BCUT2D eigenvalue weighted by Crippen LogP contribution is 2.18. The summed E-state index contributed by atoms with van der Waals surface area (Å²) in [6.07, 6.45) is 1.64. The van der Waals surface area contributed by atoms with Crippen molar-refractivity contribution in [1.82, 2.24) is 4.98 Å². The third-order valence-electron chi connectivity index (χ3n) is 3.46. The molecule has 24 heavy (non-hydrogen) atoms. The summed E-state index contributed by atoms with van der Waals surface area (Å²) >= 11 is 0. The number of carbonyl (C=O) groups excluding carboxylic acids is 1. The molecule has 0 spiro atoms. The van der Waals surface area contributed by atoms with Gasteiger partial charge >= 0.3 is 0 Å². The molecule has 1 aromatic heterocycles. The molecule has 0 bridgehead atoms. The molecular formula is C17H15N3O3S. The van der Waals surface area contributed by atoms with Crippen LogP contribution in [0.2, 0.25) is 0 Å². The van der Waals surface area contributed by atoms with Crippen molar-refractivity contribution < 1.29 is 13.2 Å². The van der Waals surface area contributed by atoms with Gasteiger partial charge in [-0.3, -0.25) is 9.78 Å². The van der Waals surface area contributed by atoms with Gasteiger partial charge in [-0.25, -0.2) is 13.6 Å². The number of fused-ring (bicyclic) bond motifs is 1. The van der Waals surface area contributed by atoms with Crippen molar-refractivity contribution in [3.05, 3.63) is 71.9 Å². The van der Waals surface area contributed by atoms with Gasteiger partial charge in [0.1, 0.15) is 0 Å².